The zero-order valence-corrected chi connectivity index (χ0v) is 7.61. The normalized spacial score (nSPS) is 10.4. The minimum atomic E-state index is -0.267. The fraction of sp³-hybridized carbons (Fsp3) is 0.111. The lowest BCUT2D eigenvalue weighted by Gasteiger charge is -2.04. The van der Waals surface area contributed by atoms with Gasteiger partial charge in [-0.2, -0.15) is 0 Å². The second kappa shape index (κ2) is 3.10. The first-order valence-corrected chi connectivity index (χ1v) is 4.11. The van der Waals surface area contributed by atoms with E-state index in [1.807, 2.05) is 0 Å². The number of nitrogen functional groups attached to an aromatic ring is 1. The molecule has 1 aromatic carbocycles. The molecule has 0 aliphatic carbocycles. The average molecular weight is 192 g/mol. The van der Waals surface area contributed by atoms with Crippen LogP contribution in [-0.4, -0.2) is 14.8 Å². The van der Waals surface area contributed by atoms with Crippen molar-refractivity contribution < 1.29 is 4.39 Å². The predicted octanol–water partition coefficient (Wildman–Crippen LogP) is 1.30. The van der Waals surface area contributed by atoms with Gasteiger partial charge in [0, 0.05) is 5.56 Å². The van der Waals surface area contributed by atoms with E-state index in [9.17, 15) is 4.39 Å². The lowest BCUT2D eigenvalue weighted by molar-refractivity contribution is 0.615. The molecule has 0 bridgehead atoms. The fourth-order valence-electron chi connectivity index (χ4n) is 1.24. The number of anilines is 1. The second-order valence-electron chi connectivity index (χ2n) is 2.93. The molecule has 0 saturated heterocycles. The minimum Gasteiger partial charge on any atom is -0.366 e. The van der Waals surface area contributed by atoms with Gasteiger partial charge in [0.1, 0.15) is 12.1 Å². The molecule has 0 radical (unpaired) electrons. The predicted molar refractivity (Wildman–Crippen MR) is 50.5 cm³/mol. The molecule has 4 nitrogen and oxygen atoms in total. The molecule has 72 valence electrons. The number of benzene rings is 1. The molecule has 0 unspecified atom stereocenters. The smallest absolute Gasteiger partial charge is 0.239 e. The zero-order valence-electron chi connectivity index (χ0n) is 7.61. The Morgan fingerprint density at radius 3 is 2.86 bits per heavy atom. The van der Waals surface area contributed by atoms with Crippen molar-refractivity contribution in [1.29, 1.82) is 0 Å². The van der Waals surface area contributed by atoms with Crippen LogP contribution in [0.2, 0.25) is 0 Å². The molecule has 0 amide bonds. The molecule has 0 atom stereocenters. The maximum absolute atomic E-state index is 13.2. The first-order valence-electron chi connectivity index (χ1n) is 4.11. The van der Waals surface area contributed by atoms with Crippen molar-refractivity contribution in [2.45, 2.75) is 6.92 Å². The van der Waals surface area contributed by atoms with Gasteiger partial charge < -0.3 is 5.73 Å². The van der Waals surface area contributed by atoms with E-state index in [-0.39, 0.29) is 11.8 Å². The number of rotatable bonds is 1. The third-order valence-electron chi connectivity index (χ3n) is 2.00. The van der Waals surface area contributed by atoms with Crippen molar-refractivity contribution in [2.24, 2.45) is 0 Å². The number of hydrogen-bond donors (Lipinski definition) is 1. The molecule has 1 aromatic heterocycles. The summed E-state index contributed by atoms with van der Waals surface area (Å²) in [6, 6.07) is 4.78. The number of aromatic nitrogens is 3. The Kier molecular flexibility index (Phi) is 1.92. The van der Waals surface area contributed by atoms with Gasteiger partial charge >= 0.3 is 0 Å². The van der Waals surface area contributed by atoms with Crippen LogP contribution in [-0.2, 0) is 0 Å². The van der Waals surface area contributed by atoms with E-state index in [1.165, 1.54) is 17.1 Å². The van der Waals surface area contributed by atoms with Gasteiger partial charge in [-0.05, 0) is 19.1 Å². The molecule has 0 saturated carbocycles. The van der Waals surface area contributed by atoms with E-state index >= 15 is 0 Å². The van der Waals surface area contributed by atoms with Crippen molar-refractivity contribution in [2.75, 3.05) is 5.73 Å². The van der Waals surface area contributed by atoms with Crippen LogP contribution in [0.4, 0.5) is 10.3 Å². The highest BCUT2D eigenvalue weighted by Gasteiger charge is 2.06. The number of hydrogen-bond acceptors (Lipinski definition) is 3. The van der Waals surface area contributed by atoms with E-state index in [2.05, 4.69) is 10.1 Å². The summed E-state index contributed by atoms with van der Waals surface area (Å²) in [6.45, 7) is 1.68. The second-order valence-corrected chi connectivity index (χ2v) is 2.93. The van der Waals surface area contributed by atoms with E-state index in [0.717, 1.165) is 0 Å². The molecule has 1 heterocycles. The van der Waals surface area contributed by atoms with Crippen LogP contribution in [0.3, 0.4) is 0 Å². The standard InChI is InChI=1S/C9H9FN4/c1-6-7(10)3-2-4-8(6)14-5-12-9(11)13-14/h2-5H,1H3,(H2,11,13). The SMILES string of the molecule is Cc1c(F)cccc1-n1cnc(N)n1. The van der Waals surface area contributed by atoms with Gasteiger partial charge in [-0.25, -0.2) is 14.1 Å². The van der Waals surface area contributed by atoms with Crippen LogP contribution in [0, 0.1) is 12.7 Å². The first kappa shape index (κ1) is 8.68. The van der Waals surface area contributed by atoms with Gasteiger partial charge in [0.15, 0.2) is 0 Å². The Morgan fingerprint density at radius 2 is 2.21 bits per heavy atom. The van der Waals surface area contributed by atoms with Crippen LogP contribution < -0.4 is 5.73 Å². The van der Waals surface area contributed by atoms with Crippen molar-refractivity contribution in [3.8, 4) is 5.69 Å². The zero-order chi connectivity index (χ0) is 10.1. The van der Waals surface area contributed by atoms with E-state index < -0.39 is 0 Å². The highest BCUT2D eigenvalue weighted by molar-refractivity contribution is 5.40. The third-order valence-corrected chi connectivity index (χ3v) is 2.00. The highest BCUT2D eigenvalue weighted by Crippen LogP contribution is 2.15. The number of nitrogens with zero attached hydrogens (tertiary/aromatic N) is 3. The molecule has 2 N–H and O–H groups in total. The van der Waals surface area contributed by atoms with Crippen molar-refractivity contribution in [3.05, 3.63) is 35.9 Å². The van der Waals surface area contributed by atoms with Crippen LogP contribution in [0.5, 0.6) is 0 Å². The average Bonchev–Trinajstić information content (AvgIpc) is 2.57. The van der Waals surface area contributed by atoms with E-state index in [0.29, 0.717) is 11.3 Å². The lowest BCUT2D eigenvalue weighted by Crippen LogP contribution is -2.00. The Labute approximate surface area is 80.2 Å². The van der Waals surface area contributed by atoms with Gasteiger partial charge in [-0.3, -0.25) is 0 Å². The van der Waals surface area contributed by atoms with Crippen LogP contribution >= 0.6 is 0 Å². The summed E-state index contributed by atoms with van der Waals surface area (Å²) in [7, 11) is 0. The summed E-state index contributed by atoms with van der Waals surface area (Å²) < 4.78 is 14.6. The van der Waals surface area contributed by atoms with Gasteiger partial charge in [0.2, 0.25) is 5.95 Å². The summed E-state index contributed by atoms with van der Waals surface area (Å²) >= 11 is 0. The maximum Gasteiger partial charge on any atom is 0.239 e. The monoisotopic (exact) mass is 192 g/mol. The van der Waals surface area contributed by atoms with Gasteiger partial charge in [0.25, 0.3) is 0 Å². The Hall–Kier alpha value is -1.91. The molecule has 0 fully saturated rings. The quantitative estimate of drug-likeness (QED) is 0.740. The molecule has 5 heteroatoms. The summed E-state index contributed by atoms with van der Waals surface area (Å²) in [5.41, 5.74) is 6.54. The molecule has 0 spiro atoms. The first-order chi connectivity index (χ1) is 6.68. The van der Waals surface area contributed by atoms with Crippen LogP contribution in [0.15, 0.2) is 24.5 Å². The Balaban J connectivity index is 2.57. The fourth-order valence-corrected chi connectivity index (χ4v) is 1.24. The summed E-state index contributed by atoms with van der Waals surface area (Å²) in [5.74, 6) is -0.0924. The lowest BCUT2D eigenvalue weighted by atomic mass is 10.2. The molecular weight excluding hydrogens is 183 g/mol. The summed E-state index contributed by atoms with van der Waals surface area (Å²) in [5, 5.41) is 3.90. The van der Waals surface area contributed by atoms with Gasteiger partial charge in [-0.1, -0.05) is 6.07 Å². The van der Waals surface area contributed by atoms with Crippen molar-refractivity contribution >= 4 is 5.95 Å². The third kappa shape index (κ3) is 1.32. The van der Waals surface area contributed by atoms with E-state index in [1.54, 1.807) is 19.1 Å². The van der Waals surface area contributed by atoms with Crippen LogP contribution in [0.1, 0.15) is 5.56 Å². The molecule has 0 aliphatic rings. The van der Waals surface area contributed by atoms with Crippen molar-refractivity contribution in [1.82, 2.24) is 14.8 Å². The topological polar surface area (TPSA) is 56.7 Å². The highest BCUT2D eigenvalue weighted by atomic mass is 19.1. The Bertz CT molecular complexity index is 464. The molecule has 2 rings (SSSR count). The number of nitrogens with two attached hydrogens (primary N) is 1. The maximum atomic E-state index is 13.2. The summed E-state index contributed by atoms with van der Waals surface area (Å²) in [6.07, 6.45) is 1.46. The molecular formula is C9H9FN4. The summed E-state index contributed by atoms with van der Waals surface area (Å²) in [4.78, 5) is 3.77. The molecule has 14 heavy (non-hydrogen) atoms. The Morgan fingerprint density at radius 1 is 1.43 bits per heavy atom. The van der Waals surface area contributed by atoms with Crippen LogP contribution in [0.25, 0.3) is 5.69 Å². The number of halogens is 1. The van der Waals surface area contributed by atoms with Crippen molar-refractivity contribution in [3.63, 3.8) is 0 Å². The van der Waals surface area contributed by atoms with E-state index in [4.69, 9.17) is 5.73 Å². The van der Waals surface area contributed by atoms with Gasteiger partial charge in [-0.15, -0.1) is 5.10 Å². The molecule has 2 aromatic rings. The minimum absolute atomic E-state index is 0.175. The van der Waals surface area contributed by atoms with Gasteiger partial charge in [0.05, 0.1) is 5.69 Å². The largest absolute Gasteiger partial charge is 0.366 e. The molecule has 0 aliphatic heterocycles.